The molecule has 3 unspecified atom stereocenters. The van der Waals surface area contributed by atoms with Crippen LogP contribution in [0.3, 0.4) is 0 Å². The highest BCUT2D eigenvalue weighted by molar-refractivity contribution is 6.30. The van der Waals surface area contributed by atoms with Crippen LogP contribution < -0.4 is 0 Å². The van der Waals surface area contributed by atoms with Gasteiger partial charge < -0.3 is 0 Å². The number of benzene rings is 3. The van der Waals surface area contributed by atoms with Gasteiger partial charge in [0.15, 0.2) is 0 Å². The topological polar surface area (TPSA) is 0 Å². The first-order chi connectivity index (χ1) is 14.8. The Morgan fingerprint density at radius 2 is 1.37 bits per heavy atom. The standard InChI is InChI=1S/C29H19Cl/c30-19-14-16-23-21-9-3-5-11-25(21)29(27(23)17-19)26-12-6-4-10-22(26)24-15-13-18-7-1-2-8-20(18)28(24)29/h1-18,20H. The molecule has 142 valence electrons. The Morgan fingerprint density at radius 3 is 2.23 bits per heavy atom. The molecule has 0 nitrogen and oxygen atoms in total. The normalized spacial score (nSPS) is 26.4. The number of halogens is 1. The van der Waals surface area contributed by atoms with E-state index < -0.39 is 0 Å². The van der Waals surface area contributed by atoms with Crippen molar-refractivity contribution >= 4 is 17.2 Å². The molecule has 0 heterocycles. The van der Waals surface area contributed by atoms with E-state index >= 15 is 0 Å². The largest absolute Gasteiger partial charge is 0.0843 e. The van der Waals surface area contributed by atoms with E-state index in [0.29, 0.717) is 11.8 Å². The molecule has 0 radical (unpaired) electrons. The first-order valence-corrected chi connectivity index (χ1v) is 11.0. The van der Waals surface area contributed by atoms with E-state index in [2.05, 4.69) is 97.1 Å². The quantitative estimate of drug-likeness (QED) is 0.368. The zero-order valence-electron chi connectivity index (χ0n) is 16.3. The molecule has 0 bridgehead atoms. The molecule has 3 aromatic rings. The Morgan fingerprint density at radius 1 is 0.667 bits per heavy atom. The maximum atomic E-state index is 6.61. The Labute approximate surface area is 181 Å². The molecule has 3 aromatic carbocycles. The van der Waals surface area contributed by atoms with Gasteiger partial charge in [0.05, 0.1) is 5.41 Å². The van der Waals surface area contributed by atoms with Crippen LogP contribution in [0.1, 0.15) is 22.3 Å². The summed E-state index contributed by atoms with van der Waals surface area (Å²) in [6, 6.07) is 24.3. The van der Waals surface area contributed by atoms with Gasteiger partial charge >= 0.3 is 0 Å². The van der Waals surface area contributed by atoms with Gasteiger partial charge in [-0.1, -0.05) is 103 Å². The summed E-state index contributed by atoms with van der Waals surface area (Å²) in [5.41, 5.74) is 10.7. The summed E-state index contributed by atoms with van der Waals surface area (Å²) in [5.74, 6) is 0.746. The second-order valence-corrected chi connectivity index (χ2v) is 9.03. The second kappa shape index (κ2) is 5.74. The van der Waals surface area contributed by atoms with E-state index in [-0.39, 0.29) is 5.41 Å². The first kappa shape index (κ1) is 16.7. The summed E-state index contributed by atoms with van der Waals surface area (Å²) in [7, 11) is 0. The van der Waals surface area contributed by atoms with Gasteiger partial charge in [-0.05, 0) is 56.7 Å². The molecule has 4 aliphatic carbocycles. The fraction of sp³-hybridized carbons (Fsp3) is 0.103. The summed E-state index contributed by atoms with van der Waals surface area (Å²) in [4.78, 5) is 0. The molecule has 1 spiro atoms. The van der Waals surface area contributed by atoms with Gasteiger partial charge in [-0.3, -0.25) is 0 Å². The van der Waals surface area contributed by atoms with E-state index in [9.17, 15) is 0 Å². The van der Waals surface area contributed by atoms with Crippen molar-refractivity contribution in [2.45, 2.75) is 5.41 Å². The highest BCUT2D eigenvalue weighted by Crippen LogP contribution is 2.65. The van der Waals surface area contributed by atoms with Crippen LogP contribution in [0.25, 0.3) is 16.7 Å². The molecule has 1 heteroatoms. The lowest BCUT2D eigenvalue weighted by atomic mass is 9.62. The lowest BCUT2D eigenvalue weighted by Gasteiger charge is -2.39. The molecule has 30 heavy (non-hydrogen) atoms. The number of rotatable bonds is 0. The monoisotopic (exact) mass is 402 g/mol. The van der Waals surface area contributed by atoms with E-state index in [4.69, 9.17) is 11.6 Å². The number of fused-ring (bicyclic) bond motifs is 11. The SMILES string of the molecule is Clc1ccc2c(c1)C1(C3=C(C=CC4C=CC=CC34)c3ccccc31)c1ccccc1-2. The molecule has 0 fully saturated rings. The van der Waals surface area contributed by atoms with Crippen LogP contribution in [0.5, 0.6) is 0 Å². The van der Waals surface area contributed by atoms with Crippen molar-refractivity contribution in [2.75, 3.05) is 0 Å². The Kier molecular flexibility index (Phi) is 3.19. The van der Waals surface area contributed by atoms with Gasteiger partial charge in [-0.2, -0.15) is 0 Å². The Bertz CT molecular complexity index is 1370. The van der Waals surface area contributed by atoms with Crippen molar-refractivity contribution in [1.29, 1.82) is 0 Å². The minimum Gasteiger partial charge on any atom is -0.0843 e. The average molecular weight is 403 g/mol. The third-order valence-corrected chi connectivity index (χ3v) is 7.55. The van der Waals surface area contributed by atoms with Crippen LogP contribution in [0.15, 0.2) is 109 Å². The highest BCUT2D eigenvalue weighted by atomic mass is 35.5. The third kappa shape index (κ3) is 1.84. The lowest BCUT2D eigenvalue weighted by Crippen LogP contribution is -2.33. The smallest absolute Gasteiger partial charge is 0.0695 e. The third-order valence-electron chi connectivity index (χ3n) is 7.32. The van der Waals surface area contributed by atoms with Crippen LogP contribution in [0, 0.1) is 11.8 Å². The van der Waals surface area contributed by atoms with Crippen molar-refractivity contribution in [1.82, 2.24) is 0 Å². The fourth-order valence-electron chi connectivity index (χ4n) is 6.28. The maximum absolute atomic E-state index is 6.61. The van der Waals surface area contributed by atoms with Gasteiger partial charge in [0.25, 0.3) is 0 Å². The average Bonchev–Trinajstić information content (AvgIpc) is 3.26. The van der Waals surface area contributed by atoms with Crippen molar-refractivity contribution in [3.63, 3.8) is 0 Å². The zero-order chi connectivity index (χ0) is 19.9. The van der Waals surface area contributed by atoms with Gasteiger partial charge in [0, 0.05) is 16.9 Å². The van der Waals surface area contributed by atoms with Crippen molar-refractivity contribution < 1.29 is 0 Å². The van der Waals surface area contributed by atoms with Crippen molar-refractivity contribution in [3.8, 4) is 11.1 Å². The molecule has 7 rings (SSSR count). The Balaban J connectivity index is 1.68. The summed E-state index contributed by atoms with van der Waals surface area (Å²) < 4.78 is 0. The van der Waals surface area contributed by atoms with E-state index in [0.717, 1.165) is 5.02 Å². The predicted molar refractivity (Wildman–Crippen MR) is 125 cm³/mol. The van der Waals surface area contributed by atoms with E-state index in [1.165, 1.54) is 44.5 Å². The molecule has 0 saturated carbocycles. The van der Waals surface area contributed by atoms with E-state index in [1.807, 2.05) is 6.07 Å². The summed E-state index contributed by atoms with van der Waals surface area (Å²) in [6.45, 7) is 0. The van der Waals surface area contributed by atoms with Crippen LogP contribution in [-0.2, 0) is 5.41 Å². The van der Waals surface area contributed by atoms with Crippen molar-refractivity contribution in [3.05, 3.63) is 136 Å². The van der Waals surface area contributed by atoms with Crippen molar-refractivity contribution in [2.24, 2.45) is 11.8 Å². The summed E-state index contributed by atoms with van der Waals surface area (Å²) in [6.07, 6.45) is 13.8. The molecule has 0 aromatic heterocycles. The summed E-state index contributed by atoms with van der Waals surface area (Å²) >= 11 is 6.61. The number of hydrogen-bond acceptors (Lipinski definition) is 0. The van der Waals surface area contributed by atoms with Gasteiger partial charge in [-0.15, -0.1) is 0 Å². The van der Waals surface area contributed by atoms with Gasteiger partial charge in [-0.25, -0.2) is 0 Å². The molecule has 0 amide bonds. The molecule has 3 atom stereocenters. The lowest BCUT2D eigenvalue weighted by molar-refractivity contribution is 0.558. The van der Waals surface area contributed by atoms with Crippen LogP contribution >= 0.6 is 11.6 Å². The molecule has 0 saturated heterocycles. The first-order valence-electron chi connectivity index (χ1n) is 10.6. The number of allylic oxidation sites excluding steroid dienone is 8. The van der Waals surface area contributed by atoms with E-state index in [1.54, 1.807) is 0 Å². The minimum absolute atomic E-state index is 0.286. The molecule has 4 aliphatic rings. The molecular formula is C29H19Cl. The van der Waals surface area contributed by atoms with Crippen LogP contribution in [0.4, 0.5) is 0 Å². The molecule has 0 aliphatic heterocycles. The van der Waals surface area contributed by atoms with Gasteiger partial charge in [0.2, 0.25) is 0 Å². The van der Waals surface area contributed by atoms with Crippen LogP contribution in [0.2, 0.25) is 5.02 Å². The zero-order valence-corrected chi connectivity index (χ0v) is 17.1. The molecular weight excluding hydrogens is 384 g/mol. The second-order valence-electron chi connectivity index (χ2n) is 8.59. The predicted octanol–water partition coefficient (Wildman–Crippen LogP) is 7.35. The fourth-order valence-corrected chi connectivity index (χ4v) is 6.45. The van der Waals surface area contributed by atoms with Gasteiger partial charge in [0.1, 0.15) is 0 Å². The summed E-state index contributed by atoms with van der Waals surface area (Å²) in [5, 5.41) is 0.800. The minimum atomic E-state index is -0.286. The Hall–Kier alpha value is -3.09. The highest BCUT2D eigenvalue weighted by Gasteiger charge is 2.55. The van der Waals surface area contributed by atoms with Crippen LogP contribution in [-0.4, -0.2) is 0 Å². The number of hydrogen-bond donors (Lipinski definition) is 0. The maximum Gasteiger partial charge on any atom is 0.0695 e. The molecule has 0 N–H and O–H groups in total.